The Balaban J connectivity index is 1.19. The number of anilines is 2. The van der Waals surface area contributed by atoms with Crippen LogP contribution in [0.2, 0.25) is 0 Å². The second-order valence-corrected chi connectivity index (χ2v) is 11.5. The lowest BCUT2D eigenvalue weighted by molar-refractivity contribution is 1.18. The van der Waals surface area contributed by atoms with Crippen LogP contribution in [-0.4, -0.2) is 4.57 Å². The molecule has 0 aliphatic heterocycles. The van der Waals surface area contributed by atoms with Gasteiger partial charge in [0, 0.05) is 27.8 Å². The van der Waals surface area contributed by atoms with Crippen LogP contribution in [0.1, 0.15) is 0 Å². The van der Waals surface area contributed by atoms with Gasteiger partial charge < -0.3 is 9.88 Å². The van der Waals surface area contributed by atoms with E-state index in [4.69, 9.17) is 0 Å². The topological polar surface area (TPSA) is 17.0 Å². The van der Waals surface area contributed by atoms with E-state index in [9.17, 15) is 0 Å². The van der Waals surface area contributed by atoms with E-state index in [1.165, 1.54) is 65.3 Å². The van der Waals surface area contributed by atoms with E-state index in [2.05, 4.69) is 174 Å². The Hall–Kier alpha value is -5.86. The molecule has 9 rings (SSSR count). The Morgan fingerprint density at radius 1 is 0.318 bits per heavy atom. The van der Waals surface area contributed by atoms with Crippen molar-refractivity contribution in [3.63, 3.8) is 0 Å². The molecule has 0 aliphatic carbocycles. The van der Waals surface area contributed by atoms with Crippen molar-refractivity contribution in [2.75, 3.05) is 5.32 Å². The van der Waals surface area contributed by atoms with Crippen molar-refractivity contribution in [1.29, 1.82) is 0 Å². The van der Waals surface area contributed by atoms with E-state index in [1.54, 1.807) is 0 Å². The number of fused-ring (bicyclic) bond motifs is 9. The normalized spacial score (nSPS) is 11.6. The van der Waals surface area contributed by atoms with Gasteiger partial charge in [-0.2, -0.15) is 0 Å². The molecule has 1 N–H and O–H groups in total. The Morgan fingerprint density at radius 2 is 0.864 bits per heavy atom. The molecular formula is C42H28N2. The van der Waals surface area contributed by atoms with Crippen LogP contribution in [0.15, 0.2) is 164 Å². The smallest absolute Gasteiger partial charge is 0.0541 e. The summed E-state index contributed by atoms with van der Waals surface area (Å²) in [4.78, 5) is 0. The largest absolute Gasteiger partial charge is 0.355 e. The zero-order valence-corrected chi connectivity index (χ0v) is 24.0. The van der Waals surface area contributed by atoms with E-state index in [-0.39, 0.29) is 0 Å². The predicted molar refractivity (Wildman–Crippen MR) is 188 cm³/mol. The summed E-state index contributed by atoms with van der Waals surface area (Å²) in [5.74, 6) is 0. The van der Waals surface area contributed by atoms with Crippen LogP contribution < -0.4 is 5.32 Å². The molecule has 0 amide bonds. The zero-order valence-electron chi connectivity index (χ0n) is 24.0. The first kappa shape index (κ1) is 24.7. The van der Waals surface area contributed by atoms with E-state index in [0.717, 1.165) is 17.1 Å². The number of nitrogens with zero attached hydrogens (tertiary/aromatic N) is 1. The molecule has 0 fully saturated rings. The molecule has 206 valence electrons. The summed E-state index contributed by atoms with van der Waals surface area (Å²) < 4.78 is 2.36. The summed E-state index contributed by atoms with van der Waals surface area (Å²) in [5.41, 5.74) is 8.14. The number of benzene rings is 8. The zero-order chi connectivity index (χ0) is 29.0. The first-order chi connectivity index (χ1) is 21.8. The Labute approximate surface area is 255 Å². The van der Waals surface area contributed by atoms with Gasteiger partial charge in [-0.1, -0.05) is 115 Å². The highest BCUT2D eigenvalue weighted by atomic mass is 15.0. The fraction of sp³-hybridized carbons (Fsp3) is 0. The van der Waals surface area contributed by atoms with Gasteiger partial charge in [0.15, 0.2) is 0 Å². The van der Waals surface area contributed by atoms with Gasteiger partial charge in [0.2, 0.25) is 0 Å². The number of hydrogen-bond acceptors (Lipinski definition) is 1. The molecular weight excluding hydrogens is 532 g/mol. The minimum absolute atomic E-state index is 1.05. The molecule has 2 heteroatoms. The minimum Gasteiger partial charge on any atom is -0.355 e. The van der Waals surface area contributed by atoms with Crippen LogP contribution in [0.25, 0.3) is 70.9 Å². The summed E-state index contributed by atoms with van der Waals surface area (Å²) in [6, 6.07) is 59.1. The molecule has 0 spiro atoms. The van der Waals surface area contributed by atoms with E-state index in [0.29, 0.717) is 0 Å². The van der Waals surface area contributed by atoms with E-state index >= 15 is 0 Å². The van der Waals surface area contributed by atoms with Crippen molar-refractivity contribution in [2.45, 2.75) is 0 Å². The van der Waals surface area contributed by atoms with Crippen molar-refractivity contribution in [2.24, 2.45) is 0 Å². The van der Waals surface area contributed by atoms with Crippen molar-refractivity contribution in [3.05, 3.63) is 164 Å². The molecule has 0 saturated heterocycles. The molecule has 9 aromatic rings. The highest BCUT2D eigenvalue weighted by Gasteiger charge is 2.13. The van der Waals surface area contributed by atoms with Gasteiger partial charge in [-0.05, 0) is 92.0 Å². The maximum atomic E-state index is 3.74. The number of nitrogens with one attached hydrogen (secondary N) is 1. The van der Waals surface area contributed by atoms with Crippen LogP contribution in [0, 0.1) is 0 Å². The minimum atomic E-state index is 1.05. The van der Waals surface area contributed by atoms with Crippen molar-refractivity contribution >= 4 is 65.5 Å². The lowest BCUT2D eigenvalue weighted by Crippen LogP contribution is -1.96. The van der Waals surface area contributed by atoms with Crippen molar-refractivity contribution in [1.82, 2.24) is 4.57 Å². The molecule has 0 unspecified atom stereocenters. The molecule has 0 saturated carbocycles. The van der Waals surface area contributed by atoms with Crippen LogP contribution in [0.3, 0.4) is 0 Å². The van der Waals surface area contributed by atoms with Crippen molar-refractivity contribution < 1.29 is 0 Å². The predicted octanol–water partition coefficient (Wildman–Crippen LogP) is 11.7. The molecule has 0 bridgehead atoms. The van der Waals surface area contributed by atoms with Gasteiger partial charge in [0.1, 0.15) is 0 Å². The highest BCUT2D eigenvalue weighted by molar-refractivity contribution is 6.26. The summed E-state index contributed by atoms with van der Waals surface area (Å²) >= 11 is 0. The number of hydrogen-bond donors (Lipinski definition) is 1. The maximum Gasteiger partial charge on any atom is 0.0541 e. The molecule has 2 nitrogen and oxygen atoms in total. The second-order valence-electron chi connectivity index (χ2n) is 11.5. The third-order valence-electron chi connectivity index (χ3n) is 8.92. The summed E-state index contributed by atoms with van der Waals surface area (Å²) in [6.07, 6.45) is 0. The fourth-order valence-electron chi connectivity index (χ4n) is 6.93. The quantitative estimate of drug-likeness (QED) is 0.212. The summed E-state index contributed by atoms with van der Waals surface area (Å²) in [5, 5.41) is 13.9. The molecule has 1 aromatic heterocycles. The van der Waals surface area contributed by atoms with Gasteiger partial charge >= 0.3 is 0 Å². The van der Waals surface area contributed by atoms with Gasteiger partial charge in [0.05, 0.1) is 11.0 Å². The third kappa shape index (κ3) is 3.89. The molecule has 0 atom stereocenters. The first-order valence-electron chi connectivity index (χ1n) is 15.1. The fourth-order valence-corrected chi connectivity index (χ4v) is 6.93. The summed E-state index contributed by atoms with van der Waals surface area (Å²) in [6.45, 7) is 0. The second kappa shape index (κ2) is 9.86. The van der Waals surface area contributed by atoms with E-state index < -0.39 is 0 Å². The van der Waals surface area contributed by atoms with Crippen LogP contribution in [0.5, 0.6) is 0 Å². The van der Waals surface area contributed by atoms with Gasteiger partial charge in [-0.15, -0.1) is 0 Å². The Kier molecular flexibility index (Phi) is 5.54. The average Bonchev–Trinajstić information content (AvgIpc) is 3.43. The standard InChI is InChI=1S/C42H28N2/c1-2-11-28(12-3-1)29-21-23-35-33-15-4-5-16-34(33)36-24-22-31(27-40(36)39(35)25-29)43-30-13-10-14-32(26-30)44-41-19-8-6-17-37(41)38-18-7-9-20-42(38)44/h1-27,43H. The summed E-state index contributed by atoms with van der Waals surface area (Å²) in [7, 11) is 0. The lowest BCUT2D eigenvalue weighted by atomic mass is 9.92. The van der Waals surface area contributed by atoms with Crippen molar-refractivity contribution in [3.8, 4) is 16.8 Å². The SMILES string of the molecule is c1ccc(-c2ccc3c4ccccc4c4ccc(Nc5cccc(-n6c7ccccc7c7ccccc76)c5)cc4c3c2)cc1. The third-order valence-corrected chi connectivity index (χ3v) is 8.92. The van der Waals surface area contributed by atoms with Gasteiger partial charge in [0.25, 0.3) is 0 Å². The molecule has 8 aromatic carbocycles. The average molecular weight is 561 g/mol. The van der Waals surface area contributed by atoms with Crippen LogP contribution in [-0.2, 0) is 0 Å². The van der Waals surface area contributed by atoms with Crippen LogP contribution >= 0.6 is 0 Å². The lowest BCUT2D eigenvalue weighted by Gasteiger charge is -2.15. The Morgan fingerprint density at radius 3 is 1.57 bits per heavy atom. The molecule has 1 heterocycles. The number of aromatic nitrogens is 1. The number of para-hydroxylation sites is 2. The molecule has 0 radical (unpaired) electrons. The highest BCUT2D eigenvalue weighted by Crippen LogP contribution is 2.39. The van der Waals surface area contributed by atoms with Crippen LogP contribution in [0.4, 0.5) is 11.4 Å². The molecule has 44 heavy (non-hydrogen) atoms. The Bertz CT molecular complexity index is 2470. The molecule has 0 aliphatic rings. The monoisotopic (exact) mass is 560 g/mol. The maximum absolute atomic E-state index is 3.74. The van der Waals surface area contributed by atoms with E-state index in [1.807, 2.05) is 0 Å². The van der Waals surface area contributed by atoms with Gasteiger partial charge in [-0.3, -0.25) is 0 Å². The number of rotatable bonds is 4. The first-order valence-corrected chi connectivity index (χ1v) is 15.1. The van der Waals surface area contributed by atoms with Gasteiger partial charge in [-0.25, -0.2) is 0 Å².